The van der Waals surface area contributed by atoms with Crippen LogP contribution in [0.5, 0.6) is 11.5 Å². The van der Waals surface area contributed by atoms with E-state index in [0.29, 0.717) is 13.0 Å². The van der Waals surface area contributed by atoms with Gasteiger partial charge in [0, 0.05) is 0 Å². The molecule has 2 aromatic carbocycles. The van der Waals surface area contributed by atoms with Crippen LogP contribution in [0.4, 0.5) is 0 Å². The summed E-state index contributed by atoms with van der Waals surface area (Å²) in [5.74, 6) is 0.0351. The Bertz CT molecular complexity index is 704. The number of unbranched alkanes of at least 4 members (excludes halogenated alkanes) is 7. The molecule has 0 spiro atoms. The predicted molar refractivity (Wildman–Crippen MR) is 121 cm³/mol. The van der Waals surface area contributed by atoms with Gasteiger partial charge in [-0.2, -0.15) is 0 Å². The molecule has 0 saturated carbocycles. The number of carbonyl (C=O) groups is 1. The summed E-state index contributed by atoms with van der Waals surface area (Å²) < 4.78 is 5.54. The molecule has 0 aliphatic heterocycles. The van der Waals surface area contributed by atoms with Crippen molar-refractivity contribution >= 4 is 5.97 Å². The molecule has 0 unspecified atom stereocenters. The Hall–Kier alpha value is -2.49. The molecule has 0 radical (unpaired) electrons. The van der Waals surface area contributed by atoms with Gasteiger partial charge in [0.15, 0.2) is 0 Å². The second kappa shape index (κ2) is 12.3. The Morgan fingerprint density at radius 2 is 1.17 bits per heavy atom. The number of esters is 1. The number of phenolic OH excluding ortho intramolecular Hbond substituents is 2. The smallest absolute Gasteiger partial charge is 0.321 e. The van der Waals surface area contributed by atoms with Crippen molar-refractivity contribution in [2.75, 3.05) is 6.61 Å². The first-order chi connectivity index (χ1) is 14.5. The summed E-state index contributed by atoms with van der Waals surface area (Å²) in [6.45, 7) is 4.34. The van der Waals surface area contributed by atoms with Gasteiger partial charge >= 0.3 is 5.97 Å². The molecule has 2 aromatic rings. The van der Waals surface area contributed by atoms with Gasteiger partial charge < -0.3 is 14.9 Å². The van der Waals surface area contributed by atoms with Crippen LogP contribution < -0.4 is 0 Å². The highest BCUT2D eigenvalue weighted by Gasteiger charge is 2.43. The van der Waals surface area contributed by atoms with Crippen LogP contribution in [0.15, 0.2) is 48.5 Å². The summed E-state index contributed by atoms with van der Waals surface area (Å²) in [4.78, 5) is 13.3. The molecule has 0 aliphatic carbocycles. The summed E-state index contributed by atoms with van der Waals surface area (Å²) >= 11 is 0. The van der Waals surface area contributed by atoms with E-state index in [9.17, 15) is 15.0 Å². The van der Waals surface area contributed by atoms with Crippen LogP contribution in [-0.4, -0.2) is 22.8 Å². The molecule has 0 bridgehead atoms. The van der Waals surface area contributed by atoms with Crippen LogP contribution in [0.25, 0.3) is 0 Å². The van der Waals surface area contributed by atoms with Gasteiger partial charge in [0.25, 0.3) is 0 Å². The lowest BCUT2D eigenvalue weighted by atomic mass is 9.71. The highest BCUT2D eigenvalue weighted by Crippen LogP contribution is 2.40. The first-order valence-electron chi connectivity index (χ1n) is 11.3. The zero-order valence-electron chi connectivity index (χ0n) is 18.4. The zero-order valence-corrected chi connectivity index (χ0v) is 18.4. The minimum absolute atomic E-state index is 0.161. The highest BCUT2D eigenvalue weighted by atomic mass is 16.5. The van der Waals surface area contributed by atoms with E-state index in [1.54, 1.807) is 48.5 Å². The molecule has 4 nitrogen and oxygen atoms in total. The number of benzene rings is 2. The molecule has 30 heavy (non-hydrogen) atoms. The molecule has 2 rings (SSSR count). The van der Waals surface area contributed by atoms with Gasteiger partial charge in [-0.05, 0) is 48.7 Å². The van der Waals surface area contributed by atoms with Crippen molar-refractivity contribution in [2.24, 2.45) is 0 Å². The lowest BCUT2D eigenvalue weighted by Gasteiger charge is -2.33. The Morgan fingerprint density at radius 1 is 0.733 bits per heavy atom. The van der Waals surface area contributed by atoms with Crippen molar-refractivity contribution in [1.29, 1.82) is 0 Å². The summed E-state index contributed by atoms with van der Waals surface area (Å²) in [5, 5.41) is 19.5. The van der Waals surface area contributed by atoms with Gasteiger partial charge in [0.1, 0.15) is 16.9 Å². The van der Waals surface area contributed by atoms with E-state index in [1.165, 1.54) is 32.1 Å². The average Bonchev–Trinajstić information content (AvgIpc) is 2.74. The van der Waals surface area contributed by atoms with Crippen molar-refractivity contribution < 1.29 is 19.7 Å². The summed E-state index contributed by atoms with van der Waals surface area (Å²) in [6.07, 6.45) is 10.1. The van der Waals surface area contributed by atoms with Crippen LogP contribution in [0.1, 0.15) is 82.8 Å². The molecule has 0 fully saturated rings. The largest absolute Gasteiger partial charge is 0.508 e. The second-order valence-corrected chi connectivity index (χ2v) is 7.94. The van der Waals surface area contributed by atoms with E-state index in [-0.39, 0.29) is 17.5 Å². The zero-order chi connectivity index (χ0) is 21.8. The van der Waals surface area contributed by atoms with Crippen molar-refractivity contribution in [3.63, 3.8) is 0 Å². The van der Waals surface area contributed by atoms with Gasteiger partial charge in [-0.1, -0.05) is 82.6 Å². The van der Waals surface area contributed by atoms with E-state index in [4.69, 9.17) is 4.74 Å². The first-order valence-corrected chi connectivity index (χ1v) is 11.3. The maximum Gasteiger partial charge on any atom is 0.321 e. The number of hydrogen-bond acceptors (Lipinski definition) is 4. The third-order valence-electron chi connectivity index (χ3n) is 5.75. The van der Waals surface area contributed by atoms with Gasteiger partial charge in [-0.3, -0.25) is 4.79 Å². The highest BCUT2D eigenvalue weighted by molar-refractivity contribution is 5.87. The van der Waals surface area contributed by atoms with Crippen molar-refractivity contribution in [2.45, 2.75) is 77.0 Å². The van der Waals surface area contributed by atoms with Crippen molar-refractivity contribution in [3.8, 4) is 11.5 Å². The molecular weight excluding hydrogens is 376 g/mol. The minimum atomic E-state index is -0.959. The van der Waals surface area contributed by atoms with Crippen LogP contribution >= 0.6 is 0 Å². The number of aromatic hydroxyl groups is 2. The monoisotopic (exact) mass is 412 g/mol. The second-order valence-electron chi connectivity index (χ2n) is 7.94. The maximum atomic E-state index is 13.3. The number of hydrogen-bond donors (Lipinski definition) is 2. The van der Waals surface area contributed by atoms with Gasteiger partial charge in [0.05, 0.1) is 6.61 Å². The molecule has 0 amide bonds. The quantitative estimate of drug-likeness (QED) is 0.292. The number of carbonyl (C=O) groups excluding carboxylic acids is 1. The summed E-state index contributed by atoms with van der Waals surface area (Å²) in [7, 11) is 0. The van der Waals surface area contributed by atoms with Crippen LogP contribution in [-0.2, 0) is 14.9 Å². The van der Waals surface area contributed by atoms with E-state index < -0.39 is 5.41 Å². The molecule has 4 heteroatoms. The fourth-order valence-electron chi connectivity index (χ4n) is 4.06. The third-order valence-corrected chi connectivity index (χ3v) is 5.75. The Labute approximate surface area is 180 Å². The predicted octanol–water partition coefficient (Wildman–Crippen LogP) is 6.48. The van der Waals surface area contributed by atoms with E-state index >= 15 is 0 Å². The van der Waals surface area contributed by atoms with E-state index in [2.05, 4.69) is 6.92 Å². The molecular formula is C26H36O4. The SMILES string of the molecule is CCCCCCCCCCC(C(=O)OCC)(c1ccc(O)cc1)c1ccc(O)cc1. The van der Waals surface area contributed by atoms with Crippen molar-refractivity contribution in [3.05, 3.63) is 59.7 Å². The lowest BCUT2D eigenvalue weighted by Crippen LogP contribution is -2.39. The van der Waals surface area contributed by atoms with Gasteiger partial charge in [0.2, 0.25) is 0 Å². The fourth-order valence-corrected chi connectivity index (χ4v) is 4.06. The Kier molecular flexibility index (Phi) is 9.72. The molecule has 0 heterocycles. The maximum absolute atomic E-state index is 13.3. The summed E-state index contributed by atoms with van der Waals surface area (Å²) in [5.41, 5.74) is 0.638. The first kappa shape index (κ1) is 23.8. The summed E-state index contributed by atoms with van der Waals surface area (Å²) in [6, 6.07) is 13.6. The number of ether oxygens (including phenoxy) is 1. The Morgan fingerprint density at radius 3 is 1.60 bits per heavy atom. The van der Waals surface area contributed by atoms with E-state index in [0.717, 1.165) is 30.4 Å². The van der Waals surface area contributed by atoms with Gasteiger partial charge in [-0.25, -0.2) is 0 Å². The third kappa shape index (κ3) is 6.25. The van der Waals surface area contributed by atoms with Crippen LogP contribution in [0, 0.1) is 0 Å². The van der Waals surface area contributed by atoms with E-state index in [1.807, 2.05) is 6.92 Å². The lowest BCUT2D eigenvalue weighted by molar-refractivity contribution is -0.148. The van der Waals surface area contributed by atoms with Crippen molar-refractivity contribution in [1.82, 2.24) is 0 Å². The minimum Gasteiger partial charge on any atom is -0.508 e. The normalized spacial score (nSPS) is 11.4. The standard InChI is InChI=1S/C26H36O4/c1-3-5-6-7-8-9-10-11-20-26(25(29)30-4-2,21-12-16-23(27)17-13-21)22-14-18-24(28)19-15-22/h12-19,27-28H,3-11,20H2,1-2H3. The molecule has 2 N–H and O–H groups in total. The molecule has 0 aliphatic rings. The topological polar surface area (TPSA) is 66.8 Å². The molecule has 0 atom stereocenters. The fraction of sp³-hybridized carbons (Fsp3) is 0.500. The number of rotatable bonds is 13. The molecule has 0 aromatic heterocycles. The van der Waals surface area contributed by atoms with Gasteiger partial charge in [-0.15, -0.1) is 0 Å². The van der Waals surface area contributed by atoms with Crippen LogP contribution in [0.2, 0.25) is 0 Å². The number of phenols is 2. The molecule has 164 valence electrons. The van der Waals surface area contributed by atoms with Crippen LogP contribution in [0.3, 0.4) is 0 Å². The Balaban J connectivity index is 2.26. The molecule has 0 saturated heterocycles. The average molecular weight is 413 g/mol.